The van der Waals surface area contributed by atoms with Crippen LogP contribution in [-0.2, 0) is 9.84 Å². The number of aromatic amines is 1. The van der Waals surface area contributed by atoms with E-state index in [1.807, 2.05) is 0 Å². The molecule has 0 saturated heterocycles. The van der Waals surface area contributed by atoms with Crippen LogP contribution in [0.25, 0.3) is 10.9 Å². The summed E-state index contributed by atoms with van der Waals surface area (Å²) in [6.07, 6.45) is 0. The SMILES string of the molecule is Cc1ccccc1S(=O)(=O)c1c(C(=O)NNCCO)[nH]c2ccc(Cl)cc12. The highest BCUT2D eigenvalue weighted by Crippen LogP contribution is 2.34. The summed E-state index contributed by atoms with van der Waals surface area (Å²) in [5, 5.41) is 9.51. The summed E-state index contributed by atoms with van der Waals surface area (Å²) < 4.78 is 26.8. The lowest BCUT2D eigenvalue weighted by atomic mass is 10.2. The van der Waals surface area contributed by atoms with Crippen LogP contribution in [0.1, 0.15) is 16.1 Å². The molecule has 0 aliphatic heterocycles. The molecule has 0 radical (unpaired) electrons. The summed E-state index contributed by atoms with van der Waals surface area (Å²) >= 11 is 6.06. The van der Waals surface area contributed by atoms with E-state index in [-0.39, 0.29) is 28.6 Å². The number of carbonyl (C=O) groups is 1. The summed E-state index contributed by atoms with van der Waals surface area (Å²) in [7, 11) is -4.00. The van der Waals surface area contributed by atoms with Crippen molar-refractivity contribution in [3.05, 3.63) is 58.7 Å². The molecular weight excluding hydrogens is 390 g/mol. The fraction of sp³-hybridized carbons (Fsp3) is 0.167. The predicted octanol–water partition coefficient (Wildman–Crippen LogP) is 2.19. The first-order valence-electron chi connectivity index (χ1n) is 8.12. The molecule has 2 aromatic carbocycles. The number of aliphatic hydroxyl groups excluding tert-OH is 1. The van der Waals surface area contributed by atoms with Gasteiger partial charge < -0.3 is 10.1 Å². The van der Waals surface area contributed by atoms with Gasteiger partial charge in [0.25, 0.3) is 5.91 Å². The van der Waals surface area contributed by atoms with Crippen LogP contribution in [0.4, 0.5) is 0 Å². The predicted molar refractivity (Wildman–Crippen MR) is 102 cm³/mol. The molecule has 0 fully saturated rings. The molecule has 3 rings (SSSR count). The van der Waals surface area contributed by atoms with E-state index in [0.717, 1.165) is 0 Å². The average Bonchev–Trinajstić information content (AvgIpc) is 3.01. The first-order chi connectivity index (χ1) is 12.9. The van der Waals surface area contributed by atoms with Crippen molar-refractivity contribution in [2.75, 3.05) is 13.2 Å². The van der Waals surface area contributed by atoms with Crippen LogP contribution in [0.3, 0.4) is 0 Å². The zero-order chi connectivity index (χ0) is 19.6. The number of aromatic nitrogens is 1. The van der Waals surface area contributed by atoms with Gasteiger partial charge in [-0.3, -0.25) is 10.2 Å². The van der Waals surface area contributed by atoms with E-state index in [0.29, 0.717) is 21.5 Å². The standard InChI is InChI=1S/C18H18ClN3O4S/c1-11-4-2-3-5-15(11)27(25,26)17-13-10-12(19)6-7-14(13)21-16(17)18(24)22-20-8-9-23/h2-7,10,20-21,23H,8-9H2,1H3,(H,22,24). The zero-order valence-electron chi connectivity index (χ0n) is 14.4. The first kappa shape index (κ1) is 19.4. The van der Waals surface area contributed by atoms with Crippen LogP contribution in [0.15, 0.2) is 52.3 Å². The van der Waals surface area contributed by atoms with Gasteiger partial charge in [-0.05, 0) is 36.8 Å². The number of halogens is 1. The molecule has 0 spiro atoms. The number of aliphatic hydroxyl groups is 1. The van der Waals surface area contributed by atoms with Crippen LogP contribution >= 0.6 is 11.6 Å². The molecule has 0 aliphatic carbocycles. The van der Waals surface area contributed by atoms with E-state index in [2.05, 4.69) is 15.8 Å². The summed E-state index contributed by atoms with van der Waals surface area (Å²) in [4.78, 5) is 15.4. The number of sulfone groups is 1. The van der Waals surface area contributed by atoms with E-state index in [9.17, 15) is 13.2 Å². The number of aryl methyl sites for hydroxylation is 1. The number of benzene rings is 2. The lowest BCUT2D eigenvalue weighted by Gasteiger charge is -2.10. The van der Waals surface area contributed by atoms with Crippen LogP contribution in [0.5, 0.6) is 0 Å². The molecule has 1 amide bonds. The number of fused-ring (bicyclic) bond motifs is 1. The van der Waals surface area contributed by atoms with Gasteiger partial charge in [0.15, 0.2) is 0 Å². The molecule has 142 valence electrons. The molecule has 1 heterocycles. The minimum absolute atomic E-state index is 0.110. The zero-order valence-corrected chi connectivity index (χ0v) is 16.0. The maximum absolute atomic E-state index is 13.4. The van der Waals surface area contributed by atoms with Crippen molar-refractivity contribution in [2.45, 2.75) is 16.7 Å². The highest BCUT2D eigenvalue weighted by Gasteiger charge is 2.30. The number of hydrazine groups is 1. The Morgan fingerprint density at radius 1 is 1.22 bits per heavy atom. The molecule has 0 unspecified atom stereocenters. The second kappa shape index (κ2) is 7.69. The summed E-state index contributed by atoms with van der Waals surface area (Å²) in [5.41, 5.74) is 5.83. The van der Waals surface area contributed by atoms with Gasteiger partial charge in [-0.1, -0.05) is 29.8 Å². The number of amides is 1. The lowest BCUT2D eigenvalue weighted by molar-refractivity contribution is 0.0922. The van der Waals surface area contributed by atoms with Crippen molar-refractivity contribution in [1.29, 1.82) is 0 Å². The van der Waals surface area contributed by atoms with Gasteiger partial charge in [-0.15, -0.1) is 0 Å². The summed E-state index contributed by atoms with van der Waals surface area (Å²) in [6.45, 7) is 1.63. The molecule has 7 nitrogen and oxygen atoms in total. The summed E-state index contributed by atoms with van der Waals surface area (Å²) in [6, 6.07) is 11.3. The third kappa shape index (κ3) is 3.70. The number of hydrogen-bond acceptors (Lipinski definition) is 5. The maximum atomic E-state index is 13.4. The fourth-order valence-electron chi connectivity index (χ4n) is 2.81. The first-order valence-corrected chi connectivity index (χ1v) is 9.98. The number of H-pyrrole nitrogens is 1. The Labute approximate surface area is 161 Å². The Hall–Kier alpha value is -2.39. The van der Waals surface area contributed by atoms with Gasteiger partial charge >= 0.3 is 0 Å². The van der Waals surface area contributed by atoms with Crippen molar-refractivity contribution in [3.8, 4) is 0 Å². The molecule has 1 aromatic heterocycles. The minimum Gasteiger partial charge on any atom is -0.395 e. The van der Waals surface area contributed by atoms with E-state index in [1.165, 1.54) is 12.1 Å². The van der Waals surface area contributed by atoms with E-state index in [4.69, 9.17) is 16.7 Å². The molecule has 0 aliphatic rings. The van der Waals surface area contributed by atoms with Crippen LogP contribution in [0, 0.1) is 6.92 Å². The van der Waals surface area contributed by atoms with Crippen molar-refractivity contribution in [2.24, 2.45) is 0 Å². The molecule has 0 atom stereocenters. The van der Waals surface area contributed by atoms with Gasteiger partial charge in [0.2, 0.25) is 9.84 Å². The molecule has 9 heteroatoms. The van der Waals surface area contributed by atoms with Crippen molar-refractivity contribution in [3.63, 3.8) is 0 Å². The molecular formula is C18H18ClN3O4S. The monoisotopic (exact) mass is 407 g/mol. The third-order valence-electron chi connectivity index (χ3n) is 4.03. The number of carbonyl (C=O) groups excluding carboxylic acids is 1. The Morgan fingerprint density at radius 2 is 1.96 bits per heavy atom. The highest BCUT2D eigenvalue weighted by molar-refractivity contribution is 7.91. The molecule has 4 N–H and O–H groups in total. The second-order valence-electron chi connectivity index (χ2n) is 5.89. The molecule has 27 heavy (non-hydrogen) atoms. The van der Waals surface area contributed by atoms with Crippen molar-refractivity contribution >= 4 is 38.2 Å². The average molecular weight is 408 g/mol. The Morgan fingerprint density at radius 3 is 2.67 bits per heavy atom. The maximum Gasteiger partial charge on any atom is 0.283 e. The van der Waals surface area contributed by atoms with Crippen molar-refractivity contribution < 1.29 is 18.3 Å². The number of nitrogens with one attached hydrogen (secondary N) is 3. The number of hydrogen-bond donors (Lipinski definition) is 4. The van der Waals surface area contributed by atoms with Gasteiger partial charge in [-0.25, -0.2) is 13.8 Å². The van der Waals surface area contributed by atoms with Crippen molar-refractivity contribution in [1.82, 2.24) is 15.8 Å². The molecule has 3 aromatic rings. The van der Waals surface area contributed by atoms with E-state index < -0.39 is 15.7 Å². The largest absolute Gasteiger partial charge is 0.395 e. The van der Waals surface area contributed by atoms with E-state index in [1.54, 1.807) is 37.3 Å². The van der Waals surface area contributed by atoms with Gasteiger partial charge in [0.05, 0.1) is 11.5 Å². The lowest BCUT2D eigenvalue weighted by Crippen LogP contribution is -2.39. The topological polar surface area (TPSA) is 111 Å². The summed E-state index contributed by atoms with van der Waals surface area (Å²) in [5.74, 6) is -0.664. The molecule has 0 bridgehead atoms. The third-order valence-corrected chi connectivity index (χ3v) is 6.26. The molecule has 0 saturated carbocycles. The van der Waals surface area contributed by atoms with Gasteiger partial charge in [-0.2, -0.15) is 0 Å². The van der Waals surface area contributed by atoms with Crippen LogP contribution in [-0.4, -0.2) is 37.6 Å². The van der Waals surface area contributed by atoms with E-state index >= 15 is 0 Å². The highest BCUT2D eigenvalue weighted by atomic mass is 35.5. The fourth-order valence-corrected chi connectivity index (χ4v) is 4.82. The second-order valence-corrected chi connectivity index (χ2v) is 8.18. The van der Waals surface area contributed by atoms with Gasteiger partial charge in [0, 0.05) is 22.5 Å². The quantitative estimate of drug-likeness (QED) is 0.369. The number of rotatable bonds is 6. The van der Waals surface area contributed by atoms with Crippen LogP contribution in [0.2, 0.25) is 5.02 Å². The normalized spacial score (nSPS) is 11.7. The Balaban J connectivity index is 2.23. The van der Waals surface area contributed by atoms with Crippen LogP contribution < -0.4 is 10.9 Å². The Kier molecular flexibility index (Phi) is 5.52. The smallest absolute Gasteiger partial charge is 0.283 e. The minimum atomic E-state index is -4.00. The van der Waals surface area contributed by atoms with Gasteiger partial charge in [0.1, 0.15) is 10.6 Å². The Bertz CT molecular complexity index is 1110.